The molecule has 1 nitrogen and oxygen atoms in total. The molecule has 0 bridgehead atoms. The first-order chi connectivity index (χ1) is 1.89. The number of rotatable bonds is 0. The summed E-state index contributed by atoms with van der Waals surface area (Å²) in [4.78, 5) is 0. The Balaban J connectivity index is 2.17. The molecule has 0 aromatic rings. The van der Waals surface area contributed by atoms with Crippen molar-refractivity contribution in [3.05, 3.63) is 0 Å². The first-order valence-electron chi connectivity index (χ1n) is 1.56. The highest BCUT2D eigenvalue weighted by Gasteiger charge is 2.13. The van der Waals surface area contributed by atoms with Gasteiger partial charge >= 0.3 is 0 Å². The summed E-state index contributed by atoms with van der Waals surface area (Å²) in [6, 6.07) is 0.708. The molecule has 0 N–H and O–H groups in total. The zero-order valence-electron chi connectivity index (χ0n) is 2.73. The smallest absolute Gasteiger partial charge is 0.0360 e. The Morgan fingerprint density at radius 3 is 2.25 bits per heavy atom. The van der Waals surface area contributed by atoms with Gasteiger partial charge in [-0.25, -0.2) is 5.32 Å². The summed E-state index contributed by atoms with van der Waals surface area (Å²) < 4.78 is 0. The van der Waals surface area contributed by atoms with Gasteiger partial charge in [-0.2, -0.15) is 0 Å². The van der Waals surface area contributed by atoms with E-state index in [0.717, 1.165) is 6.54 Å². The van der Waals surface area contributed by atoms with Gasteiger partial charge in [0, 0.05) is 12.6 Å². The van der Waals surface area contributed by atoms with Crippen LogP contribution in [0.25, 0.3) is 0 Å². The van der Waals surface area contributed by atoms with Gasteiger partial charge in [-0.3, -0.25) is 0 Å². The second-order valence-electron chi connectivity index (χ2n) is 1.21. The maximum absolute atomic E-state index is 3.90. The van der Waals surface area contributed by atoms with Gasteiger partial charge in [-0.05, 0) is 6.92 Å². The second-order valence-corrected chi connectivity index (χ2v) is 1.21. The van der Waals surface area contributed by atoms with Gasteiger partial charge in [0.15, 0.2) is 0 Å². The van der Waals surface area contributed by atoms with E-state index in [2.05, 4.69) is 12.2 Å². The minimum Gasteiger partial charge on any atom is -0.236 e. The quantitative estimate of drug-likeness (QED) is 0.347. The van der Waals surface area contributed by atoms with E-state index < -0.39 is 0 Å². The van der Waals surface area contributed by atoms with Crippen molar-refractivity contribution in [1.29, 1.82) is 0 Å². The van der Waals surface area contributed by atoms with Gasteiger partial charge < -0.3 is 0 Å². The van der Waals surface area contributed by atoms with Crippen LogP contribution in [0.1, 0.15) is 6.92 Å². The van der Waals surface area contributed by atoms with Crippen molar-refractivity contribution in [3.63, 3.8) is 0 Å². The maximum Gasteiger partial charge on any atom is 0.0360 e. The number of nitrogens with zero attached hydrogens (tertiary/aromatic N) is 1. The van der Waals surface area contributed by atoms with Crippen molar-refractivity contribution in [2.24, 2.45) is 0 Å². The molecule has 0 aromatic carbocycles. The van der Waals surface area contributed by atoms with Gasteiger partial charge in [-0.1, -0.05) is 0 Å². The minimum atomic E-state index is 0.708. The highest BCUT2D eigenvalue weighted by atomic mass is 15.1. The molecule has 1 atom stereocenters. The van der Waals surface area contributed by atoms with E-state index in [0.29, 0.717) is 6.04 Å². The highest BCUT2D eigenvalue weighted by Crippen LogP contribution is 1.93. The molecule has 1 radical (unpaired) electrons. The molecule has 4 heavy (non-hydrogen) atoms. The van der Waals surface area contributed by atoms with Crippen molar-refractivity contribution in [3.8, 4) is 0 Å². The largest absolute Gasteiger partial charge is 0.236 e. The first kappa shape index (κ1) is 2.21. The molecule has 1 heteroatoms. The molecule has 1 aliphatic heterocycles. The summed E-state index contributed by atoms with van der Waals surface area (Å²) in [5.74, 6) is 0. The summed E-state index contributed by atoms with van der Waals surface area (Å²) in [5, 5.41) is 3.90. The van der Waals surface area contributed by atoms with E-state index in [1.807, 2.05) is 0 Å². The van der Waals surface area contributed by atoms with Crippen molar-refractivity contribution < 1.29 is 0 Å². The van der Waals surface area contributed by atoms with Crippen molar-refractivity contribution >= 4 is 0 Å². The molecular weight excluding hydrogens is 50.0 g/mol. The summed E-state index contributed by atoms with van der Waals surface area (Å²) in [6.45, 7) is 3.22. The van der Waals surface area contributed by atoms with Crippen LogP contribution in [0, 0.1) is 0 Å². The van der Waals surface area contributed by atoms with E-state index >= 15 is 0 Å². The zero-order valence-corrected chi connectivity index (χ0v) is 2.73. The van der Waals surface area contributed by atoms with E-state index in [1.54, 1.807) is 0 Å². The van der Waals surface area contributed by atoms with Crippen LogP contribution in [-0.2, 0) is 0 Å². The molecule has 1 aliphatic rings. The third-order valence-electron chi connectivity index (χ3n) is 0.548. The lowest BCUT2D eigenvalue weighted by molar-refractivity contribution is 1.08. The van der Waals surface area contributed by atoms with Gasteiger partial charge in [0.25, 0.3) is 0 Å². The molecule has 23 valence electrons. The molecule has 0 saturated carbocycles. The first-order valence-corrected chi connectivity index (χ1v) is 1.56. The van der Waals surface area contributed by atoms with Crippen LogP contribution in [0.15, 0.2) is 0 Å². The third kappa shape index (κ3) is 0.206. The van der Waals surface area contributed by atoms with E-state index in [9.17, 15) is 0 Å². The molecule has 1 saturated heterocycles. The molecule has 0 unspecified atom stereocenters. The highest BCUT2D eigenvalue weighted by molar-refractivity contribution is 4.75. The van der Waals surface area contributed by atoms with Gasteiger partial charge in [0.1, 0.15) is 0 Å². The molecule has 0 amide bonds. The fourth-order valence-corrected chi connectivity index (χ4v) is 0.105. The molecule has 0 aliphatic carbocycles. The van der Waals surface area contributed by atoms with Crippen LogP contribution in [0.4, 0.5) is 0 Å². The number of hydrogen-bond acceptors (Lipinski definition) is 0. The number of hydrogen-bond donors (Lipinski definition) is 0. The average Bonchev–Trinajstić information content (AvgIpc) is 1.75. The summed E-state index contributed by atoms with van der Waals surface area (Å²) in [7, 11) is 0. The fourth-order valence-electron chi connectivity index (χ4n) is 0.105. The lowest BCUT2D eigenvalue weighted by Crippen LogP contribution is -1.65. The normalized spacial score (nSPS) is 39.8. The SMILES string of the molecule is C[C@@H]1C[N]1. The summed E-state index contributed by atoms with van der Waals surface area (Å²) in [6.07, 6.45) is 0. The summed E-state index contributed by atoms with van der Waals surface area (Å²) >= 11 is 0. The lowest BCUT2D eigenvalue weighted by Gasteiger charge is -1.50. The van der Waals surface area contributed by atoms with Crippen LogP contribution in [-0.4, -0.2) is 12.6 Å². The van der Waals surface area contributed by atoms with Crippen LogP contribution >= 0.6 is 0 Å². The monoisotopic (exact) mass is 56.1 g/mol. The predicted octanol–water partition coefficient (Wildman–Crippen LogP) is -0.00710. The van der Waals surface area contributed by atoms with Crippen molar-refractivity contribution in [2.45, 2.75) is 13.0 Å². The Bertz CT molecular complexity index is 22.5. The van der Waals surface area contributed by atoms with Crippen LogP contribution in [0.5, 0.6) is 0 Å². The Labute approximate surface area is 26.0 Å². The van der Waals surface area contributed by atoms with E-state index in [4.69, 9.17) is 0 Å². The average molecular weight is 56.1 g/mol. The van der Waals surface area contributed by atoms with Gasteiger partial charge in [-0.15, -0.1) is 0 Å². The van der Waals surface area contributed by atoms with Crippen LogP contribution < -0.4 is 5.32 Å². The Morgan fingerprint density at radius 2 is 2.25 bits per heavy atom. The fraction of sp³-hybridized carbons (Fsp3) is 1.00. The summed E-state index contributed by atoms with van der Waals surface area (Å²) in [5.41, 5.74) is 0. The lowest BCUT2D eigenvalue weighted by atomic mass is 10.6. The standard InChI is InChI=1S/C3H6N/c1-3-2-4-3/h3H,2H2,1H3/t3-/m1/s1. The minimum absolute atomic E-state index is 0.708. The Morgan fingerprint density at radius 1 is 2.00 bits per heavy atom. The molecule has 1 rings (SSSR count). The van der Waals surface area contributed by atoms with Crippen molar-refractivity contribution in [1.82, 2.24) is 5.32 Å². The van der Waals surface area contributed by atoms with E-state index in [1.165, 1.54) is 0 Å². The molecule has 0 aromatic heterocycles. The van der Waals surface area contributed by atoms with Gasteiger partial charge in [0.2, 0.25) is 0 Å². The van der Waals surface area contributed by atoms with Crippen LogP contribution in [0.2, 0.25) is 0 Å². The maximum atomic E-state index is 3.90. The van der Waals surface area contributed by atoms with Crippen molar-refractivity contribution in [2.75, 3.05) is 6.54 Å². The predicted molar refractivity (Wildman–Crippen MR) is 16.5 cm³/mol. The zero-order chi connectivity index (χ0) is 2.99. The Kier molecular flexibility index (Phi) is 0.256. The van der Waals surface area contributed by atoms with E-state index in [-0.39, 0.29) is 0 Å². The third-order valence-corrected chi connectivity index (χ3v) is 0.548. The molecule has 1 fully saturated rings. The van der Waals surface area contributed by atoms with Gasteiger partial charge in [0.05, 0.1) is 0 Å². The molecule has 1 heterocycles. The molecule has 0 spiro atoms. The molecular formula is C3H6N. The van der Waals surface area contributed by atoms with Crippen LogP contribution in [0.3, 0.4) is 0 Å². The topological polar surface area (TPSA) is 14.1 Å². The second kappa shape index (κ2) is 0.462. The Hall–Kier alpha value is -0.0400.